The van der Waals surface area contributed by atoms with Crippen LogP contribution in [0.2, 0.25) is 5.15 Å². The maximum absolute atomic E-state index is 10.0. The molecule has 1 saturated heterocycles. The largest absolute Gasteiger partial charge is 0.393 e. The molecule has 0 saturated carbocycles. The van der Waals surface area contributed by atoms with Gasteiger partial charge in [-0.3, -0.25) is 0 Å². The van der Waals surface area contributed by atoms with Crippen molar-refractivity contribution in [3.05, 3.63) is 15.9 Å². The predicted octanol–water partition coefficient (Wildman–Crippen LogP) is 1.85. The zero-order chi connectivity index (χ0) is 19.8. The second-order valence-electron chi connectivity index (χ2n) is 2.41. The van der Waals surface area contributed by atoms with E-state index in [0.29, 0.717) is 0 Å². The van der Waals surface area contributed by atoms with Gasteiger partial charge in [-0.05, 0) is 28.7 Å². The standard InChI is InChI=1S/C9H11BrClN3O/c10-7-8(11)12-5-13-9(7)14-3-1-6(15)2-4-14/h5-6,15H,1-4H2/i1D2,2D2,3D2,4D2,5D,6D. The highest BCUT2D eigenvalue weighted by molar-refractivity contribution is 9.10. The fraction of sp³-hybridized carbons (Fsp3) is 0.556. The lowest BCUT2D eigenvalue weighted by atomic mass is 10.1. The lowest BCUT2D eigenvalue weighted by Gasteiger charge is -2.30. The van der Waals surface area contributed by atoms with Crippen molar-refractivity contribution in [2.24, 2.45) is 0 Å². The molecule has 2 rings (SSSR count). The van der Waals surface area contributed by atoms with Gasteiger partial charge in [0.2, 0.25) is 0 Å². The minimum atomic E-state index is -3.78. The van der Waals surface area contributed by atoms with Gasteiger partial charge < -0.3 is 10.0 Å². The van der Waals surface area contributed by atoms with E-state index in [-0.39, 0.29) is 9.37 Å². The smallest absolute Gasteiger partial charge is 0.148 e. The van der Waals surface area contributed by atoms with Crippen molar-refractivity contribution in [3.8, 4) is 0 Å². The molecule has 82 valence electrons. The summed E-state index contributed by atoms with van der Waals surface area (Å²) in [5.41, 5.74) is 0. The fourth-order valence-electron chi connectivity index (χ4n) is 0.838. The Hall–Kier alpha value is -0.390. The first kappa shape index (κ1) is 4.13. The molecule has 0 aliphatic carbocycles. The highest BCUT2D eigenvalue weighted by Gasteiger charge is 2.20. The van der Waals surface area contributed by atoms with Crippen molar-refractivity contribution in [2.75, 3.05) is 17.9 Å². The normalized spacial score (nSPS) is 43.5. The van der Waals surface area contributed by atoms with Crippen LogP contribution in [0, 0.1) is 0 Å². The van der Waals surface area contributed by atoms with Crippen molar-refractivity contribution < 1.29 is 18.8 Å². The highest BCUT2D eigenvalue weighted by atomic mass is 79.9. The quantitative estimate of drug-likeness (QED) is 0.805. The fourth-order valence-corrected chi connectivity index (χ4v) is 1.31. The Balaban J connectivity index is 2.90. The molecule has 0 radical (unpaired) electrons. The molecule has 0 amide bonds. The summed E-state index contributed by atoms with van der Waals surface area (Å²) >= 11 is 8.65. The Morgan fingerprint density at radius 2 is 2.33 bits per heavy atom. The summed E-state index contributed by atoms with van der Waals surface area (Å²) in [7, 11) is 0. The number of hydrogen-bond acceptors (Lipinski definition) is 4. The van der Waals surface area contributed by atoms with Crippen LogP contribution in [-0.4, -0.2) is 34.1 Å². The van der Waals surface area contributed by atoms with Gasteiger partial charge >= 0.3 is 0 Å². The molecule has 0 atom stereocenters. The highest BCUT2D eigenvalue weighted by Crippen LogP contribution is 2.30. The summed E-state index contributed by atoms with van der Waals surface area (Å²) in [6.07, 6.45) is -11.7. The van der Waals surface area contributed by atoms with E-state index < -0.39 is 49.1 Å². The summed E-state index contributed by atoms with van der Waals surface area (Å²) < 4.78 is 77.9. The number of halogens is 2. The van der Waals surface area contributed by atoms with Crippen molar-refractivity contribution in [3.63, 3.8) is 0 Å². The Bertz CT molecular complexity index is 700. The second-order valence-corrected chi connectivity index (χ2v) is 3.56. The molecule has 0 aromatic carbocycles. The summed E-state index contributed by atoms with van der Waals surface area (Å²) in [4.78, 5) is 6.96. The van der Waals surface area contributed by atoms with E-state index in [9.17, 15) is 5.11 Å². The van der Waals surface area contributed by atoms with Gasteiger partial charge in [-0.25, -0.2) is 9.97 Å². The SMILES string of the molecule is [2H]c1nc(Cl)c(Br)c(N2C([2H])([2H])C([2H])([2H])C([2H])(O)C([2H])([2H])C2([2H])[2H])n1. The number of aliphatic hydroxyl groups is 1. The summed E-state index contributed by atoms with van der Waals surface area (Å²) in [6.45, 7) is -6.91. The number of piperidine rings is 1. The molecular formula is C9H11BrClN3O. The lowest BCUT2D eigenvalue weighted by molar-refractivity contribution is 0.145. The van der Waals surface area contributed by atoms with Gasteiger partial charge in [0, 0.05) is 24.0 Å². The number of anilines is 1. The van der Waals surface area contributed by atoms with Crippen molar-refractivity contribution in [1.29, 1.82) is 0 Å². The molecule has 1 aromatic heterocycles. The third kappa shape index (κ3) is 2.41. The van der Waals surface area contributed by atoms with Gasteiger partial charge in [-0.15, -0.1) is 0 Å². The second kappa shape index (κ2) is 4.63. The molecule has 1 aliphatic heterocycles. The van der Waals surface area contributed by atoms with Gasteiger partial charge in [-0.2, -0.15) is 0 Å². The zero-order valence-electron chi connectivity index (χ0n) is 17.0. The maximum atomic E-state index is 10.0. The molecule has 4 nitrogen and oxygen atoms in total. The maximum Gasteiger partial charge on any atom is 0.148 e. The molecule has 1 aliphatic rings. The van der Waals surface area contributed by atoms with Crippen LogP contribution in [0.5, 0.6) is 0 Å². The number of rotatable bonds is 1. The zero-order valence-corrected chi connectivity index (χ0v) is 9.39. The molecule has 2 heterocycles. The molecule has 6 heteroatoms. The molecule has 0 spiro atoms. The van der Waals surface area contributed by atoms with Gasteiger partial charge in [0.15, 0.2) is 0 Å². The number of aromatic nitrogens is 2. The number of nitrogens with zero attached hydrogens (tertiary/aromatic N) is 3. The summed E-state index contributed by atoms with van der Waals surface area (Å²) in [5, 5.41) is 9.64. The van der Waals surface area contributed by atoms with Crippen LogP contribution in [-0.2, 0) is 0 Å². The van der Waals surface area contributed by atoms with E-state index in [4.69, 9.17) is 25.3 Å². The van der Waals surface area contributed by atoms with Crippen molar-refractivity contribution in [1.82, 2.24) is 9.97 Å². The average Bonchev–Trinajstić information content (AvgIpc) is 2.41. The molecule has 0 bridgehead atoms. The topological polar surface area (TPSA) is 49.2 Å². The predicted molar refractivity (Wildman–Crippen MR) is 62.2 cm³/mol. The summed E-state index contributed by atoms with van der Waals surface area (Å²) in [6, 6.07) is 0. The van der Waals surface area contributed by atoms with Gasteiger partial charge in [-0.1, -0.05) is 11.6 Å². The van der Waals surface area contributed by atoms with Crippen molar-refractivity contribution >= 4 is 33.3 Å². The Morgan fingerprint density at radius 1 is 1.67 bits per heavy atom. The van der Waals surface area contributed by atoms with Gasteiger partial charge in [0.1, 0.15) is 18.6 Å². The Kier molecular flexibility index (Phi) is 1.27. The Morgan fingerprint density at radius 3 is 3.00 bits per heavy atom. The third-order valence-corrected chi connectivity index (χ3v) is 2.70. The van der Waals surface area contributed by atoms with Gasteiger partial charge in [0.25, 0.3) is 0 Å². The average molecular weight is 303 g/mol. The van der Waals surface area contributed by atoms with E-state index in [1.54, 1.807) is 0 Å². The van der Waals surface area contributed by atoms with E-state index in [0.717, 1.165) is 0 Å². The third-order valence-electron chi connectivity index (χ3n) is 1.47. The van der Waals surface area contributed by atoms with E-state index in [1.807, 2.05) is 0 Å². The minimum absolute atomic E-state index is 0.0152. The minimum Gasteiger partial charge on any atom is -0.393 e. The van der Waals surface area contributed by atoms with E-state index >= 15 is 0 Å². The van der Waals surface area contributed by atoms with Crippen LogP contribution in [0.1, 0.15) is 26.5 Å². The van der Waals surface area contributed by atoms with Crippen molar-refractivity contribution in [2.45, 2.75) is 18.8 Å². The van der Waals surface area contributed by atoms with Crippen LogP contribution >= 0.6 is 27.5 Å². The van der Waals surface area contributed by atoms with Crippen LogP contribution in [0.3, 0.4) is 0 Å². The van der Waals surface area contributed by atoms with Crippen LogP contribution in [0.15, 0.2) is 10.8 Å². The molecule has 15 heavy (non-hydrogen) atoms. The molecular weight excluding hydrogens is 281 g/mol. The monoisotopic (exact) mass is 301 g/mol. The first-order valence-corrected chi connectivity index (χ1v) is 4.84. The van der Waals surface area contributed by atoms with Crippen LogP contribution in [0.25, 0.3) is 0 Å². The molecule has 1 N–H and O–H groups in total. The molecule has 1 aromatic rings. The van der Waals surface area contributed by atoms with Gasteiger partial charge in [0.05, 0.1) is 11.9 Å². The summed E-state index contributed by atoms with van der Waals surface area (Å²) in [5.74, 6) is -0.733. The molecule has 0 unspecified atom stereocenters. The van der Waals surface area contributed by atoms with E-state index in [1.165, 1.54) is 0 Å². The lowest BCUT2D eigenvalue weighted by Crippen LogP contribution is -2.36. The van der Waals surface area contributed by atoms with E-state index in [2.05, 4.69) is 25.9 Å². The molecule has 1 fully saturated rings. The van der Waals surface area contributed by atoms with Crippen LogP contribution in [0.4, 0.5) is 5.82 Å². The first-order chi connectivity index (χ1) is 10.9. The number of hydrogen-bond donors (Lipinski definition) is 1. The first-order valence-electron chi connectivity index (χ1n) is 8.67. The van der Waals surface area contributed by atoms with Crippen LogP contribution < -0.4 is 4.90 Å². The Labute approximate surface area is 115 Å².